The zero-order chi connectivity index (χ0) is 18.8. The van der Waals surface area contributed by atoms with E-state index in [-0.39, 0.29) is 6.54 Å². The van der Waals surface area contributed by atoms with E-state index in [0.717, 1.165) is 29.7 Å². The lowest BCUT2D eigenvalue weighted by molar-refractivity contribution is -0.203. The molecule has 1 aliphatic heterocycles. The monoisotopic (exact) mass is 369 g/mol. The van der Waals surface area contributed by atoms with E-state index in [0.29, 0.717) is 19.3 Å². The van der Waals surface area contributed by atoms with E-state index in [4.69, 9.17) is 0 Å². The molecule has 142 valence electrons. The first-order chi connectivity index (χ1) is 12.3. The molecular formula is C18H22F3N3O2. The quantitative estimate of drug-likeness (QED) is 0.785. The second kappa shape index (κ2) is 7.26. The molecule has 1 aliphatic carbocycles. The van der Waals surface area contributed by atoms with Gasteiger partial charge in [-0.15, -0.1) is 0 Å². The molecule has 2 aliphatic rings. The van der Waals surface area contributed by atoms with E-state index in [2.05, 4.69) is 5.32 Å². The molecule has 0 aromatic heterocycles. The van der Waals surface area contributed by atoms with Gasteiger partial charge >= 0.3 is 12.2 Å². The maximum Gasteiger partial charge on any atom is 0.434 e. The number of carbonyl (C=O) groups excluding carboxylic acids is 2. The third-order valence-corrected chi connectivity index (χ3v) is 5.06. The van der Waals surface area contributed by atoms with E-state index >= 15 is 0 Å². The van der Waals surface area contributed by atoms with Crippen LogP contribution >= 0.6 is 0 Å². The van der Waals surface area contributed by atoms with Gasteiger partial charge in [0.1, 0.15) is 0 Å². The van der Waals surface area contributed by atoms with Crippen molar-refractivity contribution in [2.24, 2.45) is 0 Å². The van der Waals surface area contributed by atoms with Crippen molar-refractivity contribution in [2.75, 3.05) is 6.54 Å². The largest absolute Gasteiger partial charge is 0.434 e. The smallest absolute Gasteiger partial charge is 0.304 e. The minimum absolute atomic E-state index is 0.0892. The van der Waals surface area contributed by atoms with E-state index < -0.39 is 29.8 Å². The number of rotatable bonds is 5. The van der Waals surface area contributed by atoms with Crippen LogP contribution in [0.25, 0.3) is 0 Å². The van der Waals surface area contributed by atoms with Gasteiger partial charge in [-0.25, -0.2) is 4.79 Å². The Morgan fingerprint density at radius 3 is 2.38 bits per heavy atom. The molecule has 1 heterocycles. The summed E-state index contributed by atoms with van der Waals surface area (Å²) in [4.78, 5) is 25.7. The fourth-order valence-corrected chi connectivity index (χ4v) is 3.67. The fourth-order valence-electron chi connectivity index (χ4n) is 3.67. The molecule has 2 fully saturated rings. The van der Waals surface area contributed by atoms with Crippen LogP contribution in [0.4, 0.5) is 18.0 Å². The lowest BCUT2D eigenvalue weighted by Crippen LogP contribution is -2.68. The topological polar surface area (TPSA) is 61.4 Å². The highest BCUT2D eigenvalue weighted by molar-refractivity contribution is 6.07. The van der Waals surface area contributed by atoms with Gasteiger partial charge in [0.2, 0.25) is 0 Å². The number of alkyl halides is 3. The number of nitrogens with one attached hydrogen (secondary N) is 2. The molecule has 3 amide bonds. The van der Waals surface area contributed by atoms with Gasteiger partial charge in [0.15, 0.2) is 0 Å². The Morgan fingerprint density at radius 2 is 1.77 bits per heavy atom. The fraction of sp³-hybridized carbons (Fsp3) is 0.556. The average Bonchev–Trinajstić information content (AvgIpc) is 2.88. The van der Waals surface area contributed by atoms with Gasteiger partial charge in [-0.2, -0.15) is 13.2 Å². The van der Waals surface area contributed by atoms with Crippen LogP contribution in [0.1, 0.15) is 37.7 Å². The van der Waals surface area contributed by atoms with Crippen LogP contribution in [-0.2, 0) is 11.2 Å². The second-order valence-electron chi connectivity index (χ2n) is 6.81. The maximum atomic E-state index is 13.8. The summed E-state index contributed by atoms with van der Waals surface area (Å²) in [6.45, 7) is -0.0892. The molecule has 26 heavy (non-hydrogen) atoms. The molecule has 1 unspecified atom stereocenters. The summed E-state index contributed by atoms with van der Waals surface area (Å²) in [5.41, 5.74) is -2.20. The Kier molecular flexibility index (Phi) is 5.22. The van der Waals surface area contributed by atoms with Crippen LogP contribution < -0.4 is 10.6 Å². The molecule has 5 nitrogen and oxygen atoms in total. The van der Waals surface area contributed by atoms with E-state index in [1.807, 2.05) is 11.4 Å². The summed E-state index contributed by atoms with van der Waals surface area (Å²) >= 11 is 0. The average molecular weight is 369 g/mol. The standard InChI is InChI=1S/C18H22F3N3O2/c19-18(20,21)17(22-12-11-13-7-3-1-4-8-13)15(25)24(16(26)23-17)14-9-5-2-6-10-14/h1,3-4,7-8,14,22H,2,5-6,9-12H2,(H,23,26). The van der Waals surface area contributed by atoms with Crippen LogP contribution in [0.3, 0.4) is 0 Å². The molecule has 3 rings (SSSR count). The van der Waals surface area contributed by atoms with Crippen LogP contribution in [0.15, 0.2) is 30.3 Å². The van der Waals surface area contributed by atoms with Crippen molar-refractivity contribution in [1.29, 1.82) is 0 Å². The number of hydrogen-bond acceptors (Lipinski definition) is 3. The first kappa shape index (κ1) is 18.7. The Morgan fingerprint density at radius 1 is 1.12 bits per heavy atom. The molecule has 0 spiro atoms. The SMILES string of the molecule is O=C1NC(NCCc2ccccc2)(C(F)(F)F)C(=O)N1C1CCCCC1. The molecule has 8 heteroatoms. The minimum atomic E-state index is -4.93. The molecule has 0 radical (unpaired) electrons. The highest BCUT2D eigenvalue weighted by atomic mass is 19.4. The first-order valence-electron chi connectivity index (χ1n) is 8.86. The van der Waals surface area contributed by atoms with E-state index in [1.54, 1.807) is 24.3 Å². The zero-order valence-corrected chi connectivity index (χ0v) is 14.3. The molecule has 1 saturated carbocycles. The van der Waals surface area contributed by atoms with Crippen molar-refractivity contribution in [3.8, 4) is 0 Å². The Hall–Kier alpha value is -2.09. The Labute approximate surface area is 149 Å². The molecule has 1 aromatic rings. The number of amides is 3. The maximum absolute atomic E-state index is 13.8. The molecule has 2 N–H and O–H groups in total. The summed E-state index contributed by atoms with van der Waals surface area (Å²) in [6.07, 6.45) is -0.927. The van der Waals surface area contributed by atoms with Crippen molar-refractivity contribution in [2.45, 2.75) is 56.4 Å². The van der Waals surface area contributed by atoms with Crippen molar-refractivity contribution in [3.05, 3.63) is 35.9 Å². The van der Waals surface area contributed by atoms with Crippen molar-refractivity contribution >= 4 is 11.9 Å². The first-order valence-corrected chi connectivity index (χ1v) is 8.86. The highest BCUT2D eigenvalue weighted by Crippen LogP contribution is 2.36. The number of benzene rings is 1. The molecule has 0 bridgehead atoms. The van der Waals surface area contributed by atoms with Gasteiger partial charge < -0.3 is 5.32 Å². The number of carbonyl (C=O) groups is 2. The van der Waals surface area contributed by atoms with Crippen LogP contribution in [0, 0.1) is 0 Å². The highest BCUT2D eigenvalue weighted by Gasteiger charge is 2.68. The van der Waals surface area contributed by atoms with Gasteiger partial charge in [-0.05, 0) is 24.8 Å². The number of urea groups is 1. The van der Waals surface area contributed by atoms with Crippen LogP contribution in [0.5, 0.6) is 0 Å². The predicted octanol–water partition coefficient (Wildman–Crippen LogP) is 2.96. The summed E-state index contributed by atoms with van der Waals surface area (Å²) in [5, 5.41) is 4.18. The van der Waals surface area contributed by atoms with Crippen LogP contribution in [0.2, 0.25) is 0 Å². The summed E-state index contributed by atoms with van der Waals surface area (Å²) in [7, 11) is 0. The van der Waals surface area contributed by atoms with Crippen molar-refractivity contribution < 1.29 is 22.8 Å². The van der Waals surface area contributed by atoms with Crippen LogP contribution in [-0.4, -0.2) is 41.3 Å². The molecule has 1 atom stereocenters. The lowest BCUT2D eigenvalue weighted by atomic mass is 9.94. The Balaban J connectivity index is 1.77. The van der Waals surface area contributed by atoms with Gasteiger partial charge in [0.05, 0.1) is 0 Å². The lowest BCUT2D eigenvalue weighted by Gasteiger charge is -2.32. The third kappa shape index (κ3) is 3.42. The number of imide groups is 1. The summed E-state index contributed by atoms with van der Waals surface area (Å²) in [5.74, 6) is -1.24. The normalized spacial score (nSPS) is 24.8. The molecule has 1 aromatic carbocycles. The third-order valence-electron chi connectivity index (χ3n) is 5.06. The molecule has 1 saturated heterocycles. The predicted molar refractivity (Wildman–Crippen MR) is 89.2 cm³/mol. The van der Waals surface area contributed by atoms with Crippen molar-refractivity contribution in [1.82, 2.24) is 15.5 Å². The Bertz CT molecular complexity index is 659. The van der Waals surface area contributed by atoms with Crippen molar-refractivity contribution in [3.63, 3.8) is 0 Å². The van der Waals surface area contributed by atoms with Gasteiger partial charge in [0, 0.05) is 12.6 Å². The zero-order valence-electron chi connectivity index (χ0n) is 14.3. The minimum Gasteiger partial charge on any atom is -0.304 e. The number of halogens is 3. The van der Waals surface area contributed by atoms with Gasteiger partial charge in [0.25, 0.3) is 11.6 Å². The second-order valence-corrected chi connectivity index (χ2v) is 6.81. The van der Waals surface area contributed by atoms with Gasteiger partial charge in [-0.1, -0.05) is 49.6 Å². The number of hydrogen-bond donors (Lipinski definition) is 2. The summed E-state index contributed by atoms with van der Waals surface area (Å²) < 4.78 is 41.3. The summed E-state index contributed by atoms with van der Waals surface area (Å²) in [6, 6.07) is 7.57. The van der Waals surface area contributed by atoms with E-state index in [1.165, 1.54) is 0 Å². The van der Waals surface area contributed by atoms with E-state index in [9.17, 15) is 22.8 Å². The van der Waals surface area contributed by atoms with Gasteiger partial charge in [-0.3, -0.25) is 15.0 Å². The number of nitrogens with zero attached hydrogens (tertiary/aromatic N) is 1. The molecular weight excluding hydrogens is 347 g/mol.